The van der Waals surface area contributed by atoms with Gasteiger partial charge in [-0.2, -0.15) is 0 Å². The summed E-state index contributed by atoms with van der Waals surface area (Å²) in [6, 6.07) is 0. The molecule has 0 aliphatic heterocycles. The van der Waals surface area contributed by atoms with Gasteiger partial charge in [-0.15, -0.1) is 0 Å². The van der Waals surface area contributed by atoms with Gasteiger partial charge in [-0.1, -0.05) is 32.4 Å². The normalized spacial score (nSPS) is 38.2. The van der Waals surface area contributed by atoms with Crippen molar-refractivity contribution in [3.8, 4) is 0 Å². The molecule has 204 valence electrons. The minimum absolute atomic E-state index is 0.0319. The van der Waals surface area contributed by atoms with Gasteiger partial charge >= 0.3 is 6.09 Å². The summed E-state index contributed by atoms with van der Waals surface area (Å²) in [5.41, 5.74) is 2.26. The monoisotopic (exact) mass is 500 g/mol. The molecule has 4 aliphatic rings. The van der Waals surface area contributed by atoms with Crippen molar-refractivity contribution in [2.24, 2.45) is 40.4 Å². The van der Waals surface area contributed by atoms with Crippen LogP contribution in [0.5, 0.6) is 0 Å². The van der Waals surface area contributed by atoms with Crippen LogP contribution in [0.25, 0.3) is 0 Å². The first-order valence-electron chi connectivity index (χ1n) is 14.9. The molecule has 4 aliphatic carbocycles. The van der Waals surface area contributed by atoms with Gasteiger partial charge in [0.15, 0.2) is 0 Å². The van der Waals surface area contributed by atoms with Crippen LogP contribution < -0.4 is 0 Å². The zero-order valence-electron chi connectivity index (χ0n) is 24.1. The van der Waals surface area contributed by atoms with Crippen LogP contribution in [-0.4, -0.2) is 55.1 Å². The van der Waals surface area contributed by atoms with E-state index in [1.54, 1.807) is 15.4 Å². The predicted molar refractivity (Wildman–Crippen MR) is 145 cm³/mol. The summed E-state index contributed by atoms with van der Waals surface area (Å²) in [5.74, 6) is 3.98. The van der Waals surface area contributed by atoms with Crippen LogP contribution in [0, 0.1) is 40.4 Å². The molecule has 0 spiro atoms. The summed E-state index contributed by atoms with van der Waals surface area (Å²) in [6.07, 6.45) is 13.8. The Morgan fingerprint density at radius 3 is 2.44 bits per heavy atom. The van der Waals surface area contributed by atoms with Gasteiger partial charge in [0.05, 0.1) is 0 Å². The van der Waals surface area contributed by atoms with E-state index < -0.39 is 0 Å². The Labute approximate surface area is 220 Å². The minimum Gasteiger partial charge on any atom is -0.446 e. The first-order valence-corrected chi connectivity index (χ1v) is 14.9. The van der Waals surface area contributed by atoms with Crippen molar-refractivity contribution in [1.82, 2.24) is 9.80 Å². The molecule has 0 saturated heterocycles. The van der Waals surface area contributed by atoms with Gasteiger partial charge in [0.25, 0.3) is 0 Å². The van der Waals surface area contributed by atoms with Crippen LogP contribution in [0.1, 0.15) is 98.8 Å². The van der Waals surface area contributed by atoms with Crippen LogP contribution in [0.15, 0.2) is 11.6 Å². The summed E-state index contributed by atoms with van der Waals surface area (Å²) in [7, 11) is 3.74. The van der Waals surface area contributed by atoms with Crippen LogP contribution in [-0.2, 0) is 9.53 Å². The molecule has 5 heteroatoms. The Morgan fingerprint density at radius 1 is 1.06 bits per heavy atom. The van der Waals surface area contributed by atoms with Crippen molar-refractivity contribution in [1.29, 1.82) is 0 Å². The van der Waals surface area contributed by atoms with Gasteiger partial charge in [-0.3, -0.25) is 4.79 Å². The molecule has 5 nitrogen and oxygen atoms in total. The lowest BCUT2D eigenvalue weighted by atomic mass is 9.47. The topological polar surface area (TPSA) is 49.9 Å². The fourth-order valence-corrected chi connectivity index (χ4v) is 9.18. The molecular weight excluding hydrogens is 448 g/mol. The number of amides is 2. The lowest BCUT2D eigenvalue weighted by molar-refractivity contribution is -0.129. The fourth-order valence-electron chi connectivity index (χ4n) is 9.18. The largest absolute Gasteiger partial charge is 0.446 e. The molecule has 0 aromatic rings. The van der Waals surface area contributed by atoms with Crippen LogP contribution >= 0.6 is 0 Å². The molecule has 2 amide bonds. The number of rotatable bonds is 7. The van der Waals surface area contributed by atoms with Crippen LogP contribution in [0.4, 0.5) is 4.79 Å². The molecule has 0 aromatic carbocycles. The number of ether oxygens (including phenoxy) is 1. The first kappa shape index (κ1) is 27.5. The first-order chi connectivity index (χ1) is 17.0. The number of hydrogen-bond donors (Lipinski definition) is 0. The molecule has 0 bridgehead atoms. The van der Waals surface area contributed by atoms with Crippen molar-refractivity contribution >= 4 is 12.0 Å². The molecule has 0 radical (unpaired) electrons. The summed E-state index contributed by atoms with van der Waals surface area (Å²) in [5, 5.41) is 0. The Kier molecular flexibility index (Phi) is 8.17. The number of fused-ring (bicyclic) bond motifs is 5. The Balaban J connectivity index is 1.43. The van der Waals surface area contributed by atoms with Crippen molar-refractivity contribution < 1.29 is 14.3 Å². The van der Waals surface area contributed by atoms with Crippen LogP contribution in [0.2, 0.25) is 0 Å². The van der Waals surface area contributed by atoms with Gasteiger partial charge < -0.3 is 14.5 Å². The number of carbonyl (C=O) groups is 2. The SMILES string of the molecule is CCN(CC)C(=O)O[C@H]1CC[C@@]2(C)C(=CC[C@H]3[C@@H]4CC[C@H]([C@H](C)CCC(=O)N(C)C)[C@@]4(C)CC[C@@H]32)C1. The van der Waals surface area contributed by atoms with Crippen LogP contribution in [0.3, 0.4) is 0 Å². The summed E-state index contributed by atoms with van der Waals surface area (Å²) in [4.78, 5) is 28.3. The smallest absolute Gasteiger partial charge is 0.410 e. The highest BCUT2D eigenvalue weighted by molar-refractivity contribution is 5.75. The Hall–Kier alpha value is -1.52. The second-order valence-corrected chi connectivity index (χ2v) is 13.2. The maximum atomic E-state index is 12.6. The second kappa shape index (κ2) is 10.7. The van der Waals surface area contributed by atoms with E-state index in [4.69, 9.17) is 4.74 Å². The number of hydrogen-bond acceptors (Lipinski definition) is 3. The van der Waals surface area contributed by atoms with E-state index in [1.807, 2.05) is 27.9 Å². The van der Waals surface area contributed by atoms with Crippen molar-refractivity contribution in [3.63, 3.8) is 0 Å². The lowest BCUT2D eigenvalue weighted by Crippen LogP contribution is -2.51. The quantitative estimate of drug-likeness (QED) is 0.357. The average Bonchev–Trinajstić information content (AvgIpc) is 3.20. The molecule has 3 saturated carbocycles. The van der Waals surface area contributed by atoms with E-state index in [0.717, 1.165) is 49.4 Å². The van der Waals surface area contributed by atoms with E-state index in [9.17, 15) is 9.59 Å². The van der Waals surface area contributed by atoms with Gasteiger partial charge in [0.2, 0.25) is 5.91 Å². The second-order valence-electron chi connectivity index (χ2n) is 13.2. The number of allylic oxidation sites excluding steroid dienone is 1. The predicted octanol–water partition coefficient (Wildman–Crippen LogP) is 6.92. The highest BCUT2D eigenvalue weighted by Gasteiger charge is 2.59. The Morgan fingerprint density at radius 2 is 1.78 bits per heavy atom. The van der Waals surface area contributed by atoms with E-state index in [-0.39, 0.29) is 23.5 Å². The molecule has 3 fully saturated rings. The highest BCUT2D eigenvalue weighted by Crippen LogP contribution is 2.67. The van der Waals surface area contributed by atoms with Gasteiger partial charge in [0, 0.05) is 40.0 Å². The number of carbonyl (C=O) groups excluding carboxylic acids is 2. The minimum atomic E-state index is -0.144. The van der Waals surface area contributed by atoms with E-state index in [1.165, 1.54) is 32.1 Å². The Bertz CT molecular complexity index is 849. The molecule has 0 N–H and O–H groups in total. The number of nitrogens with zero attached hydrogens (tertiary/aromatic N) is 2. The fraction of sp³-hybridized carbons (Fsp3) is 0.871. The average molecular weight is 501 g/mol. The van der Waals surface area contributed by atoms with Crippen molar-refractivity contribution in [2.75, 3.05) is 27.2 Å². The van der Waals surface area contributed by atoms with E-state index in [0.29, 0.717) is 30.8 Å². The van der Waals surface area contributed by atoms with Crippen molar-refractivity contribution in [2.45, 2.75) is 105 Å². The molecule has 0 unspecified atom stereocenters. The van der Waals surface area contributed by atoms with Crippen molar-refractivity contribution in [3.05, 3.63) is 11.6 Å². The van der Waals surface area contributed by atoms with Gasteiger partial charge in [-0.25, -0.2) is 4.79 Å². The maximum Gasteiger partial charge on any atom is 0.410 e. The van der Waals surface area contributed by atoms with Gasteiger partial charge in [0.1, 0.15) is 6.10 Å². The lowest BCUT2D eigenvalue weighted by Gasteiger charge is -2.58. The highest BCUT2D eigenvalue weighted by atomic mass is 16.6. The zero-order valence-corrected chi connectivity index (χ0v) is 24.1. The van der Waals surface area contributed by atoms with E-state index in [2.05, 4.69) is 26.8 Å². The molecule has 0 heterocycles. The molecular formula is C31H52N2O3. The maximum absolute atomic E-state index is 12.6. The third-order valence-corrected chi connectivity index (χ3v) is 11.4. The third-order valence-electron chi connectivity index (χ3n) is 11.4. The molecule has 4 rings (SSSR count). The molecule has 8 atom stereocenters. The molecule has 0 aromatic heterocycles. The zero-order chi connectivity index (χ0) is 26.3. The standard InChI is InChI=1S/C31H52N2O3/c1-8-33(9-2)29(35)36-23-16-18-30(4)22(20-23)11-12-24-26-14-13-25(31(26,5)19-17-27(24)30)21(3)10-15-28(34)32(6)7/h11,21,23-27H,8-10,12-20H2,1-7H3/t21-,23+,24+,25-,26+,27+,30+,31-/m1/s1. The molecule has 36 heavy (non-hydrogen) atoms. The van der Waals surface area contributed by atoms with Gasteiger partial charge in [-0.05, 0) is 106 Å². The van der Waals surface area contributed by atoms with E-state index >= 15 is 0 Å². The summed E-state index contributed by atoms with van der Waals surface area (Å²) >= 11 is 0. The third kappa shape index (κ3) is 4.85. The summed E-state index contributed by atoms with van der Waals surface area (Å²) in [6.45, 7) is 13.0. The summed E-state index contributed by atoms with van der Waals surface area (Å²) < 4.78 is 5.96.